The summed E-state index contributed by atoms with van der Waals surface area (Å²) in [6.45, 7) is 4.27. The maximum absolute atomic E-state index is 6.54. The van der Waals surface area contributed by atoms with Gasteiger partial charge in [0, 0.05) is 12.5 Å². The van der Waals surface area contributed by atoms with Crippen molar-refractivity contribution >= 4 is 27.5 Å². The van der Waals surface area contributed by atoms with E-state index in [0.717, 1.165) is 41.8 Å². The van der Waals surface area contributed by atoms with Gasteiger partial charge in [-0.1, -0.05) is 6.07 Å². The number of alkyl halides is 1. The summed E-state index contributed by atoms with van der Waals surface area (Å²) < 4.78 is 12.0. The molecule has 2 nitrogen and oxygen atoms in total. The predicted octanol–water partition coefficient (Wildman–Crippen LogP) is 4.55. The first-order valence-corrected chi connectivity index (χ1v) is 7.59. The molecule has 100 valence electrons. The quantitative estimate of drug-likeness (QED) is 0.752. The minimum atomic E-state index is 0.0114. The zero-order valence-corrected chi connectivity index (χ0v) is 12.8. The van der Waals surface area contributed by atoms with Crippen LogP contribution in [0, 0.1) is 5.92 Å². The van der Waals surface area contributed by atoms with Crippen molar-refractivity contribution in [3.63, 3.8) is 0 Å². The minimum absolute atomic E-state index is 0.0114. The van der Waals surface area contributed by atoms with Gasteiger partial charge in [-0.25, -0.2) is 0 Å². The van der Waals surface area contributed by atoms with Gasteiger partial charge in [-0.15, -0.1) is 11.6 Å². The second kappa shape index (κ2) is 6.78. The highest BCUT2D eigenvalue weighted by molar-refractivity contribution is 9.10. The molecular weight excluding hydrogens is 316 g/mol. The van der Waals surface area contributed by atoms with Gasteiger partial charge < -0.3 is 9.47 Å². The Kier molecular flexibility index (Phi) is 5.34. The SMILES string of the molecule is CCOc1ccc(C(Cl)C2CCCOC2)cc1Br. The van der Waals surface area contributed by atoms with Crippen LogP contribution in [0.1, 0.15) is 30.7 Å². The summed E-state index contributed by atoms with van der Waals surface area (Å²) in [6.07, 6.45) is 2.24. The molecule has 1 aromatic rings. The molecule has 0 aliphatic carbocycles. The molecule has 0 bridgehead atoms. The molecule has 0 aromatic heterocycles. The molecule has 0 spiro atoms. The van der Waals surface area contributed by atoms with Crippen molar-refractivity contribution in [1.29, 1.82) is 0 Å². The highest BCUT2D eigenvalue weighted by Crippen LogP contribution is 2.37. The Bertz CT molecular complexity index is 391. The lowest BCUT2D eigenvalue weighted by Gasteiger charge is -2.26. The van der Waals surface area contributed by atoms with Crippen LogP contribution in [-0.2, 0) is 4.74 Å². The Balaban J connectivity index is 2.10. The lowest BCUT2D eigenvalue weighted by atomic mass is 9.93. The fourth-order valence-electron chi connectivity index (χ4n) is 2.23. The van der Waals surface area contributed by atoms with Crippen LogP contribution < -0.4 is 4.74 Å². The number of rotatable bonds is 4. The molecule has 0 N–H and O–H groups in total. The third-order valence-electron chi connectivity index (χ3n) is 3.18. The van der Waals surface area contributed by atoms with Crippen molar-refractivity contribution in [2.24, 2.45) is 5.92 Å². The molecule has 0 amide bonds. The smallest absolute Gasteiger partial charge is 0.133 e. The van der Waals surface area contributed by atoms with E-state index >= 15 is 0 Å². The van der Waals surface area contributed by atoms with E-state index in [9.17, 15) is 0 Å². The molecule has 2 atom stereocenters. The molecule has 18 heavy (non-hydrogen) atoms. The summed E-state index contributed by atoms with van der Waals surface area (Å²) in [7, 11) is 0. The Morgan fingerprint density at radius 1 is 1.56 bits per heavy atom. The Morgan fingerprint density at radius 3 is 3.00 bits per heavy atom. The summed E-state index contributed by atoms with van der Waals surface area (Å²) >= 11 is 10.1. The first kappa shape index (κ1) is 14.2. The van der Waals surface area contributed by atoms with E-state index in [1.165, 1.54) is 0 Å². The van der Waals surface area contributed by atoms with Gasteiger partial charge >= 0.3 is 0 Å². The summed E-state index contributed by atoms with van der Waals surface area (Å²) in [5, 5.41) is 0.0114. The third-order valence-corrected chi connectivity index (χ3v) is 4.41. The van der Waals surface area contributed by atoms with E-state index in [1.54, 1.807) is 0 Å². The van der Waals surface area contributed by atoms with Crippen molar-refractivity contribution in [1.82, 2.24) is 0 Å². The maximum Gasteiger partial charge on any atom is 0.133 e. The van der Waals surface area contributed by atoms with Gasteiger partial charge in [-0.2, -0.15) is 0 Å². The van der Waals surface area contributed by atoms with Crippen LogP contribution in [0.25, 0.3) is 0 Å². The topological polar surface area (TPSA) is 18.5 Å². The van der Waals surface area contributed by atoms with Gasteiger partial charge in [0.05, 0.1) is 23.1 Å². The standard InChI is InChI=1S/C14H18BrClO2/c1-2-18-13-6-5-10(8-12(13)15)14(16)11-4-3-7-17-9-11/h5-6,8,11,14H,2-4,7,9H2,1H3. The van der Waals surface area contributed by atoms with Gasteiger partial charge in [-0.3, -0.25) is 0 Å². The molecule has 1 fully saturated rings. The molecule has 1 aliphatic rings. The minimum Gasteiger partial charge on any atom is -0.493 e. The number of halogens is 2. The largest absolute Gasteiger partial charge is 0.493 e. The van der Waals surface area contributed by atoms with Crippen LogP contribution in [0.15, 0.2) is 22.7 Å². The normalized spacial score (nSPS) is 21.6. The number of hydrogen-bond acceptors (Lipinski definition) is 2. The second-order valence-electron chi connectivity index (χ2n) is 4.50. The molecule has 2 unspecified atom stereocenters. The van der Waals surface area contributed by atoms with Crippen LogP contribution >= 0.6 is 27.5 Å². The fraction of sp³-hybridized carbons (Fsp3) is 0.571. The Hall–Kier alpha value is -0.250. The lowest BCUT2D eigenvalue weighted by Crippen LogP contribution is -2.21. The van der Waals surface area contributed by atoms with Crippen molar-refractivity contribution < 1.29 is 9.47 Å². The van der Waals surface area contributed by atoms with Crippen molar-refractivity contribution in [3.05, 3.63) is 28.2 Å². The highest BCUT2D eigenvalue weighted by Gasteiger charge is 2.24. The van der Waals surface area contributed by atoms with Crippen molar-refractivity contribution in [2.75, 3.05) is 19.8 Å². The molecule has 1 saturated heterocycles. The zero-order valence-electron chi connectivity index (χ0n) is 10.5. The van der Waals surface area contributed by atoms with E-state index in [4.69, 9.17) is 21.1 Å². The lowest BCUT2D eigenvalue weighted by molar-refractivity contribution is 0.0531. The van der Waals surface area contributed by atoms with Gasteiger partial charge in [0.15, 0.2) is 0 Å². The molecule has 1 aliphatic heterocycles. The Labute approximate surface area is 122 Å². The van der Waals surface area contributed by atoms with Crippen LogP contribution in [0.2, 0.25) is 0 Å². The summed E-state index contributed by atoms with van der Waals surface area (Å²) in [5.41, 5.74) is 1.13. The molecule has 1 heterocycles. The number of ether oxygens (including phenoxy) is 2. The van der Waals surface area contributed by atoms with E-state index in [-0.39, 0.29) is 5.38 Å². The van der Waals surface area contributed by atoms with E-state index in [2.05, 4.69) is 22.0 Å². The van der Waals surface area contributed by atoms with E-state index in [0.29, 0.717) is 12.5 Å². The van der Waals surface area contributed by atoms with Crippen LogP contribution in [0.5, 0.6) is 5.75 Å². The van der Waals surface area contributed by atoms with E-state index < -0.39 is 0 Å². The number of benzene rings is 1. The van der Waals surface area contributed by atoms with Gasteiger partial charge in [-0.05, 0) is 53.4 Å². The number of hydrogen-bond donors (Lipinski definition) is 0. The molecule has 4 heteroatoms. The first-order valence-electron chi connectivity index (χ1n) is 6.36. The third kappa shape index (κ3) is 3.40. The first-order chi connectivity index (χ1) is 8.72. The molecule has 0 radical (unpaired) electrons. The summed E-state index contributed by atoms with van der Waals surface area (Å²) in [5.74, 6) is 1.27. The van der Waals surface area contributed by atoms with Crippen LogP contribution in [0.3, 0.4) is 0 Å². The van der Waals surface area contributed by atoms with Crippen LogP contribution in [0.4, 0.5) is 0 Å². The van der Waals surface area contributed by atoms with Gasteiger partial charge in [0.1, 0.15) is 5.75 Å². The molecular formula is C14H18BrClO2. The molecule has 1 aromatic carbocycles. The average Bonchev–Trinajstić information content (AvgIpc) is 2.41. The van der Waals surface area contributed by atoms with E-state index in [1.807, 2.05) is 19.1 Å². The Morgan fingerprint density at radius 2 is 2.39 bits per heavy atom. The molecule has 0 saturated carbocycles. The summed E-state index contributed by atoms with van der Waals surface area (Å²) in [6, 6.07) is 6.07. The van der Waals surface area contributed by atoms with Gasteiger partial charge in [0.25, 0.3) is 0 Å². The molecule has 2 rings (SSSR count). The average molecular weight is 334 g/mol. The highest BCUT2D eigenvalue weighted by atomic mass is 79.9. The maximum atomic E-state index is 6.54. The monoisotopic (exact) mass is 332 g/mol. The predicted molar refractivity (Wildman–Crippen MR) is 77.4 cm³/mol. The van der Waals surface area contributed by atoms with Crippen molar-refractivity contribution in [2.45, 2.75) is 25.1 Å². The second-order valence-corrected chi connectivity index (χ2v) is 5.83. The summed E-state index contributed by atoms with van der Waals surface area (Å²) in [4.78, 5) is 0. The zero-order chi connectivity index (χ0) is 13.0. The fourth-order valence-corrected chi connectivity index (χ4v) is 3.08. The van der Waals surface area contributed by atoms with Crippen molar-refractivity contribution in [3.8, 4) is 5.75 Å². The van der Waals surface area contributed by atoms with Gasteiger partial charge in [0.2, 0.25) is 0 Å². The van der Waals surface area contributed by atoms with Crippen LogP contribution in [-0.4, -0.2) is 19.8 Å².